The van der Waals surface area contributed by atoms with E-state index < -0.39 is 0 Å². The van der Waals surface area contributed by atoms with Gasteiger partial charge in [-0.2, -0.15) is 0 Å². The van der Waals surface area contributed by atoms with E-state index in [1.54, 1.807) is 24.6 Å². The molecule has 1 amide bonds. The van der Waals surface area contributed by atoms with Gasteiger partial charge in [0, 0.05) is 31.1 Å². The van der Waals surface area contributed by atoms with Crippen LogP contribution in [0.2, 0.25) is 0 Å². The zero-order valence-corrected chi connectivity index (χ0v) is 16.2. The maximum atomic E-state index is 12.5. The number of pyridine rings is 2. The molecular weight excluding hydrogens is 364 g/mol. The highest BCUT2D eigenvalue weighted by Crippen LogP contribution is 2.22. The van der Waals surface area contributed by atoms with Crippen LogP contribution in [0.25, 0.3) is 6.08 Å². The van der Waals surface area contributed by atoms with Crippen LogP contribution in [0.15, 0.2) is 71.5 Å². The van der Waals surface area contributed by atoms with Gasteiger partial charge in [0.15, 0.2) is 0 Å². The van der Waals surface area contributed by atoms with Crippen molar-refractivity contribution in [1.82, 2.24) is 14.9 Å². The lowest BCUT2D eigenvalue weighted by Gasteiger charge is -2.32. The highest BCUT2D eigenvalue weighted by atomic mass is 16.3. The molecule has 29 heavy (non-hydrogen) atoms. The standard InChI is InChI=1S/C23H24N4O2/c28-23(12-11-20-8-5-15-29-20)27-14-4-6-18(17-27)16-19-7-3-10-22(25-19)26-21-9-1-2-13-24-21/h1-3,5,7-13,15,18H,4,6,14,16-17H2,(H,24,25,26)/b12-11+/t18-/m1/s1. The summed E-state index contributed by atoms with van der Waals surface area (Å²) in [5, 5.41) is 3.23. The molecule has 0 aromatic carbocycles. The second kappa shape index (κ2) is 9.19. The summed E-state index contributed by atoms with van der Waals surface area (Å²) in [4.78, 5) is 23.4. The van der Waals surface area contributed by atoms with Crippen molar-refractivity contribution < 1.29 is 9.21 Å². The van der Waals surface area contributed by atoms with Crippen molar-refractivity contribution in [3.63, 3.8) is 0 Å². The van der Waals surface area contributed by atoms with E-state index >= 15 is 0 Å². The quantitative estimate of drug-likeness (QED) is 0.637. The van der Waals surface area contributed by atoms with Gasteiger partial charge >= 0.3 is 0 Å². The van der Waals surface area contributed by atoms with Gasteiger partial charge in [-0.15, -0.1) is 0 Å². The number of aromatic nitrogens is 2. The first-order valence-electron chi connectivity index (χ1n) is 9.91. The highest BCUT2D eigenvalue weighted by Gasteiger charge is 2.23. The maximum Gasteiger partial charge on any atom is 0.246 e. The van der Waals surface area contributed by atoms with Gasteiger partial charge in [0.2, 0.25) is 5.91 Å². The molecule has 0 bridgehead atoms. The minimum Gasteiger partial charge on any atom is -0.465 e. The summed E-state index contributed by atoms with van der Waals surface area (Å²) >= 11 is 0. The lowest BCUT2D eigenvalue weighted by atomic mass is 9.93. The van der Waals surface area contributed by atoms with Crippen molar-refractivity contribution in [2.75, 3.05) is 18.4 Å². The summed E-state index contributed by atoms with van der Waals surface area (Å²) < 4.78 is 5.25. The topological polar surface area (TPSA) is 71.3 Å². The van der Waals surface area contributed by atoms with Crippen molar-refractivity contribution in [3.8, 4) is 0 Å². The minimum atomic E-state index is 0.0321. The Labute approximate surface area is 170 Å². The molecule has 0 spiro atoms. The molecule has 6 heteroatoms. The van der Waals surface area contributed by atoms with E-state index in [1.807, 2.05) is 53.4 Å². The molecular formula is C23H24N4O2. The molecule has 1 saturated heterocycles. The summed E-state index contributed by atoms with van der Waals surface area (Å²) in [6.07, 6.45) is 9.63. The van der Waals surface area contributed by atoms with Crippen molar-refractivity contribution in [1.29, 1.82) is 0 Å². The number of hydrogen-bond acceptors (Lipinski definition) is 5. The third-order valence-electron chi connectivity index (χ3n) is 4.99. The molecule has 3 aromatic rings. The summed E-state index contributed by atoms with van der Waals surface area (Å²) in [6, 6.07) is 15.4. The van der Waals surface area contributed by atoms with Crippen LogP contribution in [0.4, 0.5) is 11.6 Å². The molecule has 1 aliphatic rings. The number of nitrogens with one attached hydrogen (secondary N) is 1. The Morgan fingerprint density at radius 1 is 1.17 bits per heavy atom. The number of anilines is 2. The Hall–Kier alpha value is -3.41. The number of nitrogens with zero attached hydrogens (tertiary/aromatic N) is 3. The van der Waals surface area contributed by atoms with E-state index in [0.717, 1.165) is 49.7 Å². The minimum absolute atomic E-state index is 0.0321. The largest absolute Gasteiger partial charge is 0.465 e. The number of likely N-dealkylation sites (tertiary alicyclic amines) is 1. The van der Waals surface area contributed by atoms with Crippen LogP contribution in [-0.4, -0.2) is 33.9 Å². The molecule has 1 fully saturated rings. The second-order valence-corrected chi connectivity index (χ2v) is 7.20. The van der Waals surface area contributed by atoms with Crippen LogP contribution in [0, 0.1) is 5.92 Å². The first-order valence-corrected chi connectivity index (χ1v) is 9.91. The first kappa shape index (κ1) is 18.9. The number of rotatable bonds is 6. The van der Waals surface area contributed by atoms with Gasteiger partial charge in [-0.05, 0) is 67.7 Å². The third kappa shape index (κ3) is 5.31. The number of furan rings is 1. The van der Waals surface area contributed by atoms with Crippen molar-refractivity contribution in [2.45, 2.75) is 19.3 Å². The van der Waals surface area contributed by atoms with Crippen LogP contribution in [0.1, 0.15) is 24.3 Å². The lowest BCUT2D eigenvalue weighted by Crippen LogP contribution is -2.39. The van der Waals surface area contributed by atoms with E-state index in [9.17, 15) is 4.79 Å². The van der Waals surface area contributed by atoms with Crippen molar-refractivity contribution >= 4 is 23.6 Å². The normalized spacial score (nSPS) is 16.8. The average molecular weight is 388 g/mol. The van der Waals surface area contributed by atoms with Gasteiger partial charge in [0.05, 0.1) is 6.26 Å². The van der Waals surface area contributed by atoms with Crippen LogP contribution >= 0.6 is 0 Å². The molecule has 3 aromatic heterocycles. The Morgan fingerprint density at radius 2 is 2.10 bits per heavy atom. The Bertz CT molecular complexity index is 954. The number of carbonyl (C=O) groups is 1. The van der Waals surface area contributed by atoms with E-state index in [2.05, 4.69) is 10.3 Å². The number of amides is 1. The van der Waals surface area contributed by atoms with Crippen LogP contribution in [0.3, 0.4) is 0 Å². The van der Waals surface area contributed by atoms with Gasteiger partial charge in [-0.1, -0.05) is 12.1 Å². The summed E-state index contributed by atoms with van der Waals surface area (Å²) in [5.41, 5.74) is 1.02. The fraction of sp³-hybridized carbons (Fsp3) is 0.261. The van der Waals surface area contributed by atoms with Crippen molar-refractivity contribution in [2.24, 2.45) is 5.92 Å². The Morgan fingerprint density at radius 3 is 2.93 bits per heavy atom. The lowest BCUT2D eigenvalue weighted by molar-refractivity contribution is -0.127. The van der Waals surface area contributed by atoms with E-state index in [1.165, 1.54) is 0 Å². The average Bonchev–Trinajstić information content (AvgIpc) is 3.27. The van der Waals surface area contributed by atoms with Crippen molar-refractivity contribution in [3.05, 3.63) is 78.5 Å². The molecule has 0 saturated carbocycles. The number of hydrogen-bond donors (Lipinski definition) is 1. The molecule has 1 atom stereocenters. The van der Waals surface area contributed by atoms with E-state index in [0.29, 0.717) is 11.7 Å². The fourth-order valence-corrected chi connectivity index (χ4v) is 3.60. The van der Waals surface area contributed by atoms with Crippen LogP contribution in [-0.2, 0) is 11.2 Å². The smallest absolute Gasteiger partial charge is 0.246 e. The summed E-state index contributed by atoms with van der Waals surface area (Å²) in [5.74, 6) is 2.68. The predicted octanol–water partition coefficient (Wildman–Crippen LogP) is 4.31. The monoisotopic (exact) mass is 388 g/mol. The fourth-order valence-electron chi connectivity index (χ4n) is 3.60. The predicted molar refractivity (Wildman–Crippen MR) is 113 cm³/mol. The molecule has 0 unspecified atom stereocenters. The van der Waals surface area contributed by atoms with Gasteiger partial charge in [0.1, 0.15) is 17.4 Å². The SMILES string of the molecule is O=C(/C=C/c1ccco1)N1CCC[C@H](Cc2cccc(Nc3ccccn3)n2)C1. The van der Waals surface area contributed by atoms with Gasteiger partial charge in [-0.3, -0.25) is 4.79 Å². The summed E-state index contributed by atoms with van der Waals surface area (Å²) in [7, 11) is 0. The molecule has 1 N–H and O–H groups in total. The summed E-state index contributed by atoms with van der Waals surface area (Å²) in [6.45, 7) is 1.55. The Balaban J connectivity index is 1.35. The molecule has 1 aliphatic heterocycles. The molecule has 6 nitrogen and oxygen atoms in total. The maximum absolute atomic E-state index is 12.5. The molecule has 4 rings (SSSR count). The van der Waals surface area contributed by atoms with Crippen LogP contribution in [0.5, 0.6) is 0 Å². The Kier molecular flexibility index (Phi) is 6.00. The second-order valence-electron chi connectivity index (χ2n) is 7.20. The van der Waals surface area contributed by atoms with E-state index in [-0.39, 0.29) is 5.91 Å². The first-order chi connectivity index (χ1) is 14.3. The zero-order valence-electron chi connectivity index (χ0n) is 16.2. The molecule has 0 aliphatic carbocycles. The third-order valence-corrected chi connectivity index (χ3v) is 4.99. The van der Waals surface area contributed by atoms with Crippen LogP contribution < -0.4 is 5.32 Å². The number of piperidine rings is 1. The zero-order chi connectivity index (χ0) is 19.9. The molecule has 4 heterocycles. The van der Waals surface area contributed by atoms with Gasteiger partial charge in [-0.25, -0.2) is 9.97 Å². The number of carbonyl (C=O) groups excluding carboxylic acids is 1. The van der Waals surface area contributed by atoms with Gasteiger partial charge < -0.3 is 14.6 Å². The molecule has 148 valence electrons. The van der Waals surface area contributed by atoms with Gasteiger partial charge in [0.25, 0.3) is 0 Å². The molecule has 0 radical (unpaired) electrons. The highest BCUT2D eigenvalue weighted by molar-refractivity contribution is 5.91. The van der Waals surface area contributed by atoms with E-state index in [4.69, 9.17) is 9.40 Å².